The molecule has 118 valence electrons. The van der Waals surface area contributed by atoms with Crippen LogP contribution >= 0.6 is 11.3 Å². The van der Waals surface area contributed by atoms with E-state index in [4.69, 9.17) is 4.74 Å². The zero-order valence-electron chi connectivity index (χ0n) is 12.6. The molecule has 23 heavy (non-hydrogen) atoms. The van der Waals surface area contributed by atoms with Gasteiger partial charge in [-0.15, -0.1) is 0 Å². The quantitative estimate of drug-likeness (QED) is 0.783. The number of rotatable bonds is 5. The van der Waals surface area contributed by atoms with Crippen LogP contribution in [0.25, 0.3) is 10.2 Å². The lowest BCUT2D eigenvalue weighted by Gasteiger charge is -2.08. The molecule has 1 N–H and O–H groups in total. The Morgan fingerprint density at radius 3 is 2.65 bits per heavy atom. The van der Waals surface area contributed by atoms with Gasteiger partial charge in [0.1, 0.15) is 12.3 Å². The molecule has 0 radical (unpaired) electrons. The molecular weight excluding hydrogens is 312 g/mol. The summed E-state index contributed by atoms with van der Waals surface area (Å²) in [7, 11) is 0. The van der Waals surface area contributed by atoms with Crippen molar-refractivity contribution in [1.29, 1.82) is 0 Å². The third-order valence-electron chi connectivity index (χ3n) is 3.32. The molecule has 0 aliphatic rings. The normalized spacial score (nSPS) is 10.7. The molecule has 0 aliphatic carbocycles. The summed E-state index contributed by atoms with van der Waals surface area (Å²) in [4.78, 5) is 24.1. The molecule has 0 aliphatic heterocycles. The van der Waals surface area contributed by atoms with Gasteiger partial charge < -0.3 is 10.1 Å². The first-order valence-electron chi connectivity index (χ1n) is 7.28. The zero-order valence-corrected chi connectivity index (χ0v) is 13.4. The minimum absolute atomic E-state index is 0.00391. The maximum absolute atomic E-state index is 12.2. The van der Waals surface area contributed by atoms with Crippen molar-refractivity contribution < 1.29 is 9.53 Å². The summed E-state index contributed by atoms with van der Waals surface area (Å²) in [6.07, 6.45) is 0. The van der Waals surface area contributed by atoms with Crippen molar-refractivity contribution in [2.24, 2.45) is 0 Å². The number of anilines is 1. The first-order valence-corrected chi connectivity index (χ1v) is 8.10. The zero-order chi connectivity index (χ0) is 16.2. The monoisotopic (exact) mass is 328 g/mol. The van der Waals surface area contributed by atoms with Gasteiger partial charge >= 0.3 is 4.87 Å². The highest BCUT2D eigenvalue weighted by molar-refractivity contribution is 7.16. The lowest BCUT2D eigenvalue weighted by atomic mass is 10.3. The summed E-state index contributed by atoms with van der Waals surface area (Å²) < 4.78 is 7.73. The fraction of sp³-hybridized carbons (Fsp3) is 0.176. The van der Waals surface area contributed by atoms with Crippen LogP contribution < -0.4 is 14.9 Å². The number of para-hydroxylation sites is 1. The second-order valence-corrected chi connectivity index (χ2v) is 5.92. The SMILES string of the molecule is CCOc1ccc(NC(=O)Cn2c(=O)sc3ccccc32)cc1. The number of thiazole rings is 1. The molecule has 0 saturated carbocycles. The number of carbonyl (C=O) groups excluding carboxylic acids is 1. The van der Waals surface area contributed by atoms with E-state index in [9.17, 15) is 9.59 Å². The number of hydrogen-bond acceptors (Lipinski definition) is 4. The van der Waals surface area contributed by atoms with Crippen LogP contribution in [0, 0.1) is 0 Å². The van der Waals surface area contributed by atoms with E-state index in [1.54, 1.807) is 24.3 Å². The van der Waals surface area contributed by atoms with Crippen molar-refractivity contribution in [3.05, 3.63) is 58.2 Å². The summed E-state index contributed by atoms with van der Waals surface area (Å²) >= 11 is 1.15. The van der Waals surface area contributed by atoms with Gasteiger partial charge in [0.05, 0.1) is 16.8 Å². The lowest BCUT2D eigenvalue weighted by molar-refractivity contribution is -0.116. The van der Waals surface area contributed by atoms with Crippen LogP contribution in [0.1, 0.15) is 6.92 Å². The van der Waals surface area contributed by atoms with Crippen molar-refractivity contribution in [3.8, 4) is 5.75 Å². The second kappa shape index (κ2) is 6.66. The van der Waals surface area contributed by atoms with Crippen molar-refractivity contribution in [2.45, 2.75) is 13.5 Å². The van der Waals surface area contributed by atoms with Gasteiger partial charge in [0.2, 0.25) is 5.91 Å². The molecule has 3 rings (SSSR count). The standard InChI is InChI=1S/C17H16N2O3S/c1-2-22-13-9-7-12(8-10-13)18-16(20)11-19-14-5-3-4-6-15(14)23-17(19)21/h3-10H,2,11H2,1H3,(H,18,20). The number of hydrogen-bond donors (Lipinski definition) is 1. The molecule has 0 fully saturated rings. The van der Waals surface area contributed by atoms with E-state index in [0.717, 1.165) is 27.3 Å². The molecule has 6 heteroatoms. The molecule has 2 aromatic carbocycles. The molecule has 1 aromatic heterocycles. The Hall–Kier alpha value is -2.60. The van der Waals surface area contributed by atoms with Gasteiger partial charge in [-0.2, -0.15) is 0 Å². The van der Waals surface area contributed by atoms with E-state index >= 15 is 0 Å². The lowest BCUT2D eigenvalue weighted by Crippen LogP contribution is -2.24. The fourth-order valence-electron chi connectivity index (χ4n) is 2.31. The van der Waals surface area contributed by atoms with E-state index in [1.807, 2.05) is 31.2 Å². The van der Waals surface area contributed by atoms with Gasteiger partial charge in [-0.1, -0.05) is 23.5 Å². The third kappa shape index (κ3) is 3.43. The highest BCUT2D eigenvalue weighted by Crippen LogP contribution is 2.18. The highest BCUT2D eigenvalue weighted by Gasteiger charge is 2.11. The van der Waals surface area contributed by atoms with Crippen LogP contribution in [0.3, 0.4) is 0 Å². The maximum atomic E-state index is 12.2. The Kier molecular flexibility index (Phi) is 4.43. The Balaban J connectivity index is 1.73. The topological polar surface area (TPSA) is 60.3 Å². The molecule has 0 atom stereocenters. The highest BCUT2D eigenvalue weighted by atomic mass is 32.1. The Morgan fingerprint density at radius 1 is 1.17 bits per heavy atom. The maximum Gasteiger partial charge on any atom is 0.308 e. The van der Waals surface area contributed by atoms with Crippen molar-refractivity contribution in [3.63, 3.8) is 0 Å². The number of amides is 1. The van der Waals surface area contributed by atoms with Crippen molar-refractivity contribution in [1.82, 2.24) is 4.57 Å². The minimum Gasteiger partial charge on any atom is -0.494 e. The van der Waals surface area contributed by atoms with E-state index in [2.05, 4.69) is 5.32 Å². The largest absolute Gasteiger partial charge is 0.494 e. The number of carbonyl (C=O) groups is 1. The van der Waals surface area contributed by atoms with Crippen LogP contribution in [0.5, 0.6) is 5.75 Å². The van der Waals surface area contributed by atoms with Crippen molar-refractivity contribution in [2.75, 3.05) is 11.9 Å². The molecule has 0 unspecified atom stereocenters. The van der Waals surface area contributed by atoms with Crippen LogP contribution in [-0.2, 0) is 11.3 Å². The predicted octanol–water partition coefficient (Wildman–Crippen LogP) is 3.10. The Labute approximate surface area is 137 Å². The van der Waals surface area contributed by atoms with Gasteiger partial charge in [-0.3, -0.25) is 14.2 Å². The van der Waals surface area contributed by atoms with Gasteiger partial charge in [0, 0.05) is 5.69 Å². The fourth-order valence-corrected chi connectivity index (χ4v) is 3.20. The number of benzene rings is 2. The average Bonchev–Trinajstić information content (AvgIpc) is 2.85. The second-order valence-electron chi connectivity index (χ2n) is 4.93. The number of nitrogens with zero attached hydrogens (tertiary/aromatic N) is 1. The molecule has 1 heterocycles. The van der Waals surface area contributed by atoms with Crippen LogP contribution in [0.4, 0.5) is 5.69 Å². The molecule has 5 nitrogen and oxygen atoms in total. The summed E-state index contributed by atoms with van der Waals surface area (Å²) in [5.41, 5.74) is 1.45. The molecule has 0 saturated heterocycles. The third-order valence-corrected chi connectivity index (χ3v) is 4.28. The molecule has 0 bridgehead atoms. The van der Waals surface area contributed by atoms with Crippen LogP contribution in [0.2, 0.25) is 0 Å². The van der Waals surface area contributed by atoms with Crippen LogP contribution in [0.15, 0.2) is 53.3 Å². The summed E-state index contributed by atoms with van der Waals surface area (Å²) in [5.74, 6) is 0.519. The van der Waals surface area contributed by atoms with E-state index in [0.29, 0.717) is 12.3 Å². The first-order chi connectivity index (χ1) is 11.2. The Bertz CT molecular complexity index is 881. The van der Waals surface area contributed by atoms with Crippen molar-refractivity contribution >= 4 is 33.1 Å². The first kappa shape index (κ1) is 15.3. The predicted molar refractivity (Wildman–Crippen MR) is 92.3 cm³/mol. The summed E-state index contributed by atoms with van der Waals surface area (Å²) in [6.45, 7) is 2.51. The molecule has 3 aromatic rings. The molecule has 0 spiro atoms. The van der Waals surface area contributed by atoms with Gasteiger partial charge in [0.15, 0.2) is 0 Å². The van der Waals surface area contributed by atoms with Gasteiger partial charge in [0.25, 0.3) is 0 Å². The van der Waals surface area contributed by atoms with E-state index in [1.165, 1.54) is 4.57 Å². The summed E-state index contributed by atoms with van der Waals surface area (Å²) in [6, 6.07) is 14.6. The smallest absolute Gasteiger partial charge is 0.308 e. The average molecular weight is 328 g/mol. The van der Waals surface area contributed by atoms with Gasteiger partial charge in [-0.05, 0) is 43.3 Å². The van der Waals surface area contributed by atoms with Gasteiger partial charge in [-0.25, -0.2) is 0 Å². The minimum atomic E-state index is -0.236. The number of fused-ring (bicyclic) bond motifs is 1. The van der Waals surface area contributed by atoms with Crippen LogP contribution in [-0.4, -0.2) is 17.1 Å². The number of aromatic nitrogens is 1. The molecule has 1 amide bonds. The number of nitrogens with one attached hydrogen (secondary N) is 1. The Morgan fingerprint density at radius 2 is 1.91 bits per heavy atom. The van der Waals surface area contributed by atoms with E-state index < -0.39 is 0 Å². The molecular formula is C17H16N2O3S. The number of ether oxygens (including phenoxy) is 1. The summed E-state index contributed by atoms with van der Waals surface area (Å²) in [5, 5.41) is 2.79. The van der Waals surface area contributed by atoms with E-state index in [-0.39, 0.29) is 17.3 Å².